The number of sulfonamides is 1. The maximum atomic E-state index is 12.8. The molecule has 0 heterocycles. The maximum Gasteiger partial charge on any atom is 0.337 e. The summed E-state index contributed by atoms with van der Waals surface area (Å²) in [5, 5.41) is 0.369. The minimum absolute atomic E-state index is 0.0198. The Morgan fingerprint density at radius 1 is 1.12 bits per heavy atom. The summed E-state index contributed by atoms with van der Waals surface area (Å²) in [6, 6.07) is 8.73. The minimum atomic E-state index is -4.06. The lowest BCUT2D eigenvalue weighted by Crippen LogP contribution is -2.18. The molecule has 0 atom stereocenters. The molecule has 2 rings (SSSR count). The predicted octanol–water partition coefficient (Wildman–Crippen LogP) is 3.65. The van der Waals surface area contributed by atoms with Crippen LogP contribution in [0.15, 0.2) is 41.3 Å². The first-order chi connectivity index (χ1) is 11.7. The van der Waals surface area contributed by atoms with Crippen LogP contribution in [0.25, 0.3) is 0 Å². The Kier molecular flexibility index (Phi) is 5.82. The first-order valence-corrected chi connectivity index (χ1v) is 9.28. The van der Waals surface area contributed by atoms with Gasteiger partial charge in [0.1, 0.15) is 4.90 Å². The molecule has 1 N–H and O–H groups in total. The van der Waals surface area contributed by atoms with E-state index in [2.05, 4.69) is 9.46 Å². The van der Waals surface area contributed by atoms with Gasteiger partial charge in [-0.05, 0) is 30.3 Å². The van der Waals surface area contributed by atoms with Gasteiger partial charge in [-0.25, -0.2) is 13.2 Å². The molecule has 0 amide bonds. The summed E-state index contributed by atoms with van der Waals surface area (Å²) in [6.07, 6.45) is 0. The van der Waals surface area contributed by atoms with Crippen LogP contribution in [0.5, 0.6) is 0 Å². The first-order valence-electron chi connectivity index (χ1n) is 7.04. The van der Waals surface area contributed by atoms with E-state index in [4.69, 9.17) is 23.2 Å². The van der Waals surface area contributed by atoms with Crippen LogP contribution >= 0.6 is 23.2 Å². The van der Waals surface area contributed by atoms with Gasteiger partial charge in [-0.1, -0.05) is 29.3 Å². The zero-order chi connectivity index (χ0) is 18.8. The number of esters is 1. The Morgan fingerprint density at radius 2 is 1.80 bits per heavy atom. The molecular formula is C16H16Cl2N2O4S. The molecule has 25 heavy (non-hydrogen) atoms. The highest BCUT2D eigenvalue weighted by Crippen LogP contribution is 2.34. The van der Waals surface area contributed by atoms with Gasteiger partial charge in [0.25, 0.3) is 10.0 Å². The van der Waals surface area contributed by atoms with Gasteiger partial charge < -0.3 is 9.64 Å². The third kappa shape index (κ3) is 4.18. The minimum Gasteiger partial charge on any atom is -0.465 e. The molecule has 2 aromatic carbocycles. The molecule has 0 radical (unpaired) electrons. The number of methoxy groups -OCH3 is 1. The second-order valence-corrected chi connectivity index (χ2v) is 7.74. The standard InChI is InChI=1S/C16H16Cl2N2O4S/c1-20(2)15-12(18)5-4-6-13(15)19-25(22,23)14-9-10(16(21)24-3)7-8-11(14)17/h4-9,19H,1-3H3. The number of carbonyl (C=O) groups is 1. The molecule has 0 unspecified atom stereocenters. The molecule has 9 heteroatoms. The number of halogens is 2. The van der Waals surface area contributed by atoms with E-state index in [0.717, 1.165) is 6.07 Å². The van der Waals surface area contributed by atoms with Crippen molar-refractivity contribution in [3.63, 3.8) is 0 Å². The number of rotatable bonds is 5. The van der Waals surface area contributed by atoms with Gasteiger partial charge in [-0.15, -0.1) is 0 Å². The molecule has 0 saturated carbocycles. The van der Waals surface area contributed by atoms with E-state index in [0.29, 0.717) is 10.7 Å². The topological polar surface area (TPSA) is 75.7 Å². The summed E-state index contributed by atoms with van der Waals surface area (Å²) in [6.45, 7) is 0. The predicted molar refractivity (Wildman–Crippen MR) is 99.4 cm³/mol. The Morgan fingerprint density at radius 3 is 2.40 bits per heavy atom. The van der Waals surface area contributed by atoms with Crippen LogP contribution < -0.4 is 9.62 Å². The van der Waals surface area contributed by atoms with Gasteiger partial charge in [0.05, 0.1) is 34.1 Å². The van der Waals surface area contributed by atoms with E-state index in [1.54, 1.807) is 37.2 Å². The third-order valence-corrected chi connectivity index (χ3v) is 5.47. The average Bonchev–Trinajstić information content (AvgIpc) is 2.53. The Labute approximate surface area is 156 Å². The molecule has 0 fully saturated rings. The molecule has 0 aliphatic carbocycles. The van der Waals surface area contributed by atoms with Crippen molar-refractivity contribution in [3.05, 3.63) is 52.0 Å². The first kappa shape index (κ1) is 19.4. The molecule has 6 nitrogen and oxygen atoms in total. The summed E-state index contributed by atoms with van der Waals surface area (Å²) < 4.78 is 32.6. The van der Waals surface area contributed by atoms with E-state index >= 15 is 0 Å². The quantitative estimate of drug-likeness (QED) is 0.772. The van der Waals surface area contributed by atoms with Crippen molar-refractivity contribution >= 4 is 50.6 Å². The number of anilines is 2. The highest BCUT2D eigenvalue weighted by molar-refractivity contribution is 7.92. The number of hydrogen-bond donors (Lipinski definition) is 1. The Bertz CT molecular complexity index is 914. The molecule has 0 aliphatic rings. The highest BCUT2D eigenvalue weighted by atomic mass is 35.5. The number of ether oxygens (including phenoxy) is 1. The fourth-order valence-electron chi connectivity index (χ4n) is 2.21. The van der Waals surface area contributed by atoms with Crippen LogP contribution in [0.4, 0.5) is 11.4 Å². The van der Waals surface area contributed by atoms with Crippen molar-refractivity contribution in [1.82, 2.24) is 0 Å². The number of nitrogens with zero attached hydrogens (tertiary/aromatic N) is 1. The van der Waals surface area contributed by atoms with Crippen molar-refractivity contribution in [2.45, 2.75) is 4.90 Å². The fraction of sp³-hybridized carbons (Fsp3) is 0.188. The maximum absolute atomic E-state index is 12.8. The lowest BCUT2D eigenvalue weighted by Gasteiger charge is -2.20. The molecule has 0 bridgehead atoms. The monoisotopic (exact) mass is 402 g/mol. The van der Waals surface area contributed by atoms with Crippen LogP contribution in [0.1, 0.15) is 10.4 Å². The van der Waals surface area contributed by atoms with Crippen LogP contribution in [0.2, 0.25) is 10.0 Å². The van der Waals surface area contributed by atoms with Gasteiger partial charge in [-0.3, -0.25) is 4.72 Å². The van der Waals surface area contributed by atoms with E-state index < -0.39 is 16.0 Å². The Hall–Kier alpha value is -1.96. The molecular weight excluding hydrogens is 387 g/mol. The third-order valence-electron chi connectivity index (χ3n) is 3.32. The Balaban J connectivity index is 2.51. The van der Waals surface area contributed by atoms with Gasteiger partial charge in [0, 0.05) is 14.1 Å². The number of para-hydroxylation sites is 1. The van der Waals surface area contributed by atoms with Crippen molar-refractivity contribution in [3.8, 4) is 0 Å². The summed E-state index contributed by atoms with van der Waals surface area (Å²) in [4.78, 5) is 13.1. The molecule has 0 aliphatic heterocycles. The van der Waals surface area contributed by atoms with Gasteiger partial charge in [0.2, 0.25) is 0 Å². The van der Waals surface area contributed by atoms with Gasteiger partial charge >= 0.3 is 5.97 Å². The smallest absolute Gasteiger partial charge is 0.337 e. The van der Waals surface area contributed by atoms with E-state index in [9.17, 15) is 13.2 Å². The average molecular weight is 403 g/mol. The zero-order valence-corrected chi connectivity index (χ0v) is 16.0. The zero-order valence-electron chi connectivity index (χ0n) is 13.7. The summed E-state index contributed by atoms with van der Waals surface area (Å²) in [7, 11) is 0.631. The van der Waals surface area contributed by atoms with Crippen molar-refractivity contribution < 1.29 is 17.9 Å². The van der Waals surface area contributed by atoms with Gasteiger partial charge in [-0.2, -0.15) is 0 Å². The van der Waals surface area contributed by atoms with Gasteiger partial charge in [0.15, 0.2) is 0 Å². The van der Waals surface area contributed by atoms with E-state index in [1.165, 1.54) is 19.2 Å². The fourth-order valence-corrected chi connectivity index (χ4v) is 4.14. The SMILES string of the molecule is COC(=O)c1ccc(Cl)c(S(=O)(=O)Nc2cccc(Cl)c2N(C)C)c1. The molecule has 0 spiro atoms. The van der Waals surface area contributed by atoms with Crippen LogP contribution in [-0.2, 0) is 14.8 Å². The molecule has 2 aromatic rings. The highest BCUT2D eigenvalue weighted by Gasteiger charge is 2.22. The second kappa shape index (κ2) is 7.51. The second-order valence-electron chi connectivity index (χ2n) is 5.27. The number of hydrogen-bond acceptors (Lipinski definition) is 5. The lowest BCUT2D eigenvalue weighted by atomic mass is 10.2. The van der Waals surface area contributed by atoms with E-state index in [-0.39, 0.29) is 21.2 Å². The normalized spacial score (nSPS) is 11.1. The van der Waals surface area contributed by atoms with Crippen molar-refractivity contribution in [2.75, 3.05) is 30.8 Å². The summed E-state index contributed by atoms with van der Waals surface area (Å²) in [5.74, 6) is -0.662. The van der Waals surface area contributed by atoms with Crippen LogP contribution in [0.3, 0.4) is 0 Å². The lowest BCUT2D eigenvalue weighted by molar-refractivity contribution is 0.0600. The summed E-state index contributed by atoms with van der Waals surface area (Å²) >= 11 is 12.2. The van der Waals surface area contributed by atoms with E-state index in [1.807, 2.05) is 0 Å². The van der Waals surface area contributed by atoms with Crippen molar-refractivity contribution in [1.29, 1.82) is 0 Å². The number of benzene rings is 2. The molecule has 134 valence electrons. The number of nitrogens with one attached hydrogen (secondary N) is 1. The van der Waals surface area contributed by atoms with Crippen molar-refractivity contribution in [2.24, 2.45) is 0 Å². The van der Waals surface area contributed by atoms with Crippen LogP contribution in [-0.4, -0.2) is 35.6 Å². The van der Waals surface area contributed by atoms with Crippen LogP contribution in [0, 0.1) is 0 Å². The number of carbonyl (C=O) groups excluding carboxylic acids is 1. The summed E-state index contributed by atoms with van der Waals surface area (Å²) in [5.41, 5.74) is 0.872. The molecule has 0 saturated heterocycles. The molecule has 0 aromatic heterocycles. The largest absolute Gasteiger partial charge is 0.465 e.